The van der Waals surface area contributed by atoms with Gasteiger partial charge in [0.15, 0.2) is 0 Å². The fraction of sp³-hybridized carbons (Fsp3) is 0.250. The van der Waals surface area contributed by atoms with E-state index in [1.807, 2.05) is 0 Å². The van der Waals surface area contributed by atoms with Gasteiger partial charge in [-0.1, -0.05) is 11.8 Å². The van der Waals surface area contributed by atoms with E-state index in [1.165, 1.54) is 6.92 Å². The second kappa shape index (κ2) is 6.19. The van der Waals surface area contributed by atoms with Crippen molar-refractivity contribution in [1.29, 1.82) is 0 Å². The van der Waals surface area contributed by atoms with Crippen molar-refractivity contribution < 1.29 is 9.90 Å². The summed E-state index contributed by atoms with van der Waals surface area (Å²) < 4.78 is 0.626. The summed E-state index contributed by atoms with van der Waals surface area (Å²) in [6.07, 6.45) is 0.609. The molecule has 0 aliphatic heterocycles. The number of rotatable bonds is 2. The molecule has 0 spiro atoms. The number of phenolic OH excluding ortho intramolecular Hbond substituents is 1. The number of benzene rings is 1. The minimum Gasteiger partial charge on any atom is -0.507 e. The maximum absolute atomic E-state index is 10.6. The molecule has 0 aliphatic rings. The smallest absolute Gasteiger partial charge is 0.216 e. The van der Waals surface area contributed by atoms with Crippen LogP contribution in [0.4, 0.5) is 0 Å². The van der Waals surface area contributed by atoms with Crippen LogP contribution in [0.5, 0.6) is 5.75 Å². The average molecular weight is 282 g/mol. The number of amides is 1. The Balaban J connectivity index is 2.50. The van der Waals surface area contributed by atoms with Crippen LogP contribution in [-0.4, -0.2) is 17.6 Å². The van der Waals surface area contributed by atoms with Gasteiger partial charge in [-0.3, -0.25) is 4.79 Å². The zero-order valence-corrected chi connectivity index (χ0v) is 10.5. The molecule has 0 fully saturated rings. The van der Waals surface area contributed by atoms with E-state index in [1.54, 1.807) is 18.2 Å². The van der Waals surface area contributed by atoms with E-state index >= 15 is 0 Å². The fourth-order valence-corrected chi connectivity index (χ4v) is 1.43. The number of nitrogens with one attached hydrogen (secondary N) is 1. The van der Waals surface area contributed by atoms with Gasteiger partial charge in [-0.05, 0) is 34.1 Å². The summed E-state index contributed by atoms with van der Waals surface area (Å²) in [7, 11) is 0. The molecule has 84 valence electrons. The third-order valence-corrected chi connectivity index (χ3v) is 2.44. The maximum atomic E-state index is 10.6. The van der Waals surface area contributed by atoms with Gasteiger partial charge in [0.1, 0.15) is 5.75 Å². The van der Waals surface area contributed by atoms with E-state index in [9.17, 15) is 9.90 Å². The van der Waals surface area contributed by atoms with Crippen molar-refractivity contribution in [1.82, 2.24) is 5.32 Å². The zero-order valence-electron chi connectivity index (χ0n) is 8.88. The van der Waals surface area contributed by atoms with Crippen molar-refractivity contribution in [2.75, 3.05) is 6.54 Å². The van der Waals surface area contributed by atoms with Gasteiger partial charge in [0.05, 0.1) is 4.47 Å². The third-order valence-electron chi connectivity index (χ3n) is 1.80. The van der Waals surface area contributed by atoms with Crippen LogP contribution in [0.1, 0.15) is 18.9 Å². The molecule has 4 heteroatoms. The first-order valence-corrected chi connectivity index (χ1v) is 5.60. The van der Waals surface area contributed by atoms with Crippen molar-refractivity contribution in [2.45, 2.75) is 13.3 Å². The Morgan fingerprint density at radius 1 is 1.56 bits per heavy atom. The number of hydrogen-bond acceptors (Lipinski definition) is 2. The standard InChI is InChI=1S/C12H12BrNO2/c1-9(15)14-7-3-2-4-10-5-6-12(16)11(13)8-10/h5-6,8,16H,3,7H2,1H3,(H,14,15). The highest BCUT2D eigenvalue weighted by molar-refractivity contribution is 9.10. The van der Waals surface area contributed by atoms with Crippen molar-refractivity contribution in [3.8, 4) is 17.6 Å². The molecule has 0 saturated carbocycles. The van der Waals surface area contributed by atoms with Gasteiger partial charge < -0.3 is 10.4 Å². The maximum Gasteiger partial charge on any atom is 0.216 e. The van der Waals surface area contributed by atoms with Gasteiger partial charge in [0.2, 0.25) is 5.91 Å². The van der Waals surface area contributed by atoms with E-state index in [0.29, 0.717) is 17.4 Å². The van der Waals surface area contributed by atoms with E-state index in [-0.39, 0.29) is 11.7 Å². The molecule has 3 nitrogen and oxygen atoms in total. The van der Waals surface area contributed by atoms with Crippen molar-refractivity contribution in [3.05, 3.63) is 28.2 Å². The Labute approximate surface area is 103 Å². The van der Waals surface area contributed by atoms with Crippen LogP contribution in [0, 0.1) is 11.8 Å². The molecule has 0 saturated heterocycles. The first-order valence-electron chi connectivity index (χ1n) is 4.81. The monoisotopic (exact) mass is 281 g/mol. The van der Waals surface area contributed by atoms with Crippen LogP contribution in [-0.2, 0) is 4.79 Å². The zero-order chi connectivity index (χ0) is 12.0. The highest BCUT2D eigenvalue weighted by Gasteiger charge is 1.96. The van der Waals surface area contributed by atoms with Crippen molar-refractivity contribution in [3.63, 3.8) is 0 Å². The van der Waals surface area contributed by atoms with Crippen LogP contribution >= 0.6 is 15.9 Å². The lowest BCUT2D eigenvalue weighted by molar-refractivity contribution is -0.118. The topological polar surface area (TPSA) is 49.3 Å². The highest BCUT2D eigenvalue weighted by Crippen LogP contribution is 2.23. The predicted octanol–water partition coefficient (Wildman–Crippen LogP) is 2.03. The van der Waals surface area contributed by atoms with Crippen molar-refractivity contribution in [2.24, 2.45) is 0 Å². The Morgan fingerprint density at radius 2 is 2.31 bits per heavy atom. The number of carbonyl (C=O) groups excluding carboxylic acids is 1. The molecule has 0 atom stereocenters. The molecular formula is C12H12BrNO2. The van der Waals surface area contributed by atoms with E-state index < -0.39 is 0 Å². The molecule has 0 heterocycles. The number of halogens is 1. The number of carbonyl (C=O) groups is 1. The third kappa shape index (κ3) is 4.37. The Bertz CT molecular complexity index is 446. The normalized spacial score (nSPS) is 9.12. The molecule has 16 heavy (non-hydrogen) atoms. The highest BCUT2D eigenvalue weighted by atomic mass is 79.9. The molecule has 0 radical (unpaired) electrons. The van der Waals surface area contributed by atoms with Crippen molar-refractivity contribution >= 4 is 21.8 Å². The van der Waals surface area contributed by atoms with Gasteiger partial charge in [-0.25, -0.2) is 0 Å². The van der Waals surface area contributed by atoms with Crippen LogP contribution < -0.4 is 5.32 Å². The van der Waals surface area contributed by atoms with E-state index in [4.69, 9.17) is 0 Å². The molecule has 2 N–H and O–H groups in total. The summed E-state index contributed by atoms with van der Waals surface area (Å²) >= 11 is 3.21. The first kappa shape index (κ1) is 12.6. The lowest BCUT2D eigenvalue weighted by Crippen LogP contribution is -2.20. The van der Waals surface area contributed by atoms with Gasteiger partial charge in [0, 0.05) is 25.5 Å². The molecule has 0 bridgehead atoms. The average Bonchev–Trinajstić information content (AvgIpc) is 2.22. The second-order valence-electron chi connectivity index (χ2n) is 3.20. The molecular weight excluding hydrogens is 270 g/mol. The summed E-state index contributed by atoms with van der Waals surface area (Å²) in [6.45, 7) is 2.03. The molecule has 1 aromatic rings. The first-order chi connectivity index (χ1) is 7.59. The number of aromatic hydroxyl groups is 1. The fourth-order valence-electron chi connectivity index (χ4n) is 1.05. The largest absolute Gasteiger partial charge is 0.507 e. The summed E-state index contributed by atoms with van der Waals surface area (Å²) in [6, 6.07) is 5.08. The van der Waals surface area contributed by atoms with Gasteiger partial charge in [-0.2, -0.15) is 0 Å². The van der Waals surface area contributed by atoms with Gasteiger partial charge in [-0.15, -0.1) is 0 Å². The van der Waals surface area contributed by atoms with Crippen LogP contribution in [0.15, 0.2) is 22.7 Å². The SMILES string of the molecule is CC(=O)NCCC#Cc1ccc(O)c(Br)c1. The van der Waals surface area contributed by atoms with Gasteiger partial charge >= 0.3 is 0 Å². The number of phenols is 1. The Morgan fingerprint density at radius 3 is 2.94 bits per heavy atom. The minimum absolute atomic E-state index is 0.0471. The summed E-state index contributed by atoms with van der Waals surface area (Å²) in [5.74, 6) is 6.03. The second-order valence-corrected chi connectivity index (χ2v) is 4.06. The quantitative estimate of drug-likeness (QED) is 0.644. The molecule has 1 aromatic carbocycles. The van der Waals surface area contributed by atoms with Crippen LogP contribution in [0.3, 0.4) is 0 Å². The Kier molecular flexibility index (Phi) is 4.87. The molecule has 0 unspecified atom stereocenters. The lowest BCUT2D eigenvalue weighted by Gasteiger charge is -1.97. The number of hydrogen-bond donors (Lipinski definition) is 2. The summed E-state index contributed by atoms with van der Waals surface area (Å²) in [5, 5.41) is 11.9. The van der Waals surface area contributed by atoms with Crippen LogP contribution in [0.2, 0.25) is 0 Å². The van der Waals surface area contributed by atoms with E-state index in [2.05, 4.69) is 33.1 Å². The predicted molar refractivity (Wildman–Crippen MR) is 66.0 cm³/mol. The van der Waals surface area contributed by atoms with Crippen LogP contribution in [0.25, 0.3) is 0 Å². The summed E-state index contributed by atoms with van der Waals surface area (Å²) in [5.41, 5.74) is 0.826. The molecule has 0 aromatic heterocycles. The van der Waals surface area contributed by atoms with E-state index in [0.717, 1.165) is 5.56 Å². The Hall–Kier alpha value is -1.47. The summed E-state index contributed by atoms with van der Waals surface area (Å²) in [4.78, 5) is 10.6. The van der Waals surface area contributed by atoms with Gasteiger partial charge in [0.25, 0.3) is 0 Å². The molecule has 0 aliphatic carbocycles. The lowest BCUT2D eigenvalue weighted by atomic mass is 10.2. The molecule has 1 rings (SSSR count). The molecule has 1 amide bonds. The minimum atomic E-state index is -0.0471.